The molecular formula is C35H48NP. The minimum Gasteiger partial charge on any atom is -0.247 e. The van der Waals surface area contributed by atoms with Crippen molar-refractivity contribution in [3.05, 3.63) is 94.0 Å². The summed E-state index contributed by atoms with van der Waals surface area (Å²) in [4.78, 5) is 5.65. The van der Waals surface area contributed by atoms with Crippen molar-refractivity contribution in [2.24, 2.45) is 4.99 Å². The highest BCUT2D eigenvalue weighted by Crippen LogP contribution is 2.45. The second-order valence-electron chi connectivity index (χ2n) is 12.0. The maximum absolute atomic E-state index is 5.65. The minimum absolute atomic E-state index is 0.417. The van der Waals surface area contributed by atoms with Crippen LogP contribution in [-0.2, 0) is 0 Å². The van der Waals surface area contributed by atoms with E-state index in [-0.39, 0.29) is 0 Å². The van der Waals surface area contributed by atoms with Gasteiger partial charge in [-0.25, -0.2) is 4.99 Å². The Balaban J connectivity index is 2.40. The summed E-state index contributed by atoms with van der Waals surface area (Å²) >= 11 is 0. The summed E-state index contributed by atoms with van der Waals surface area (Å²) in [6.07, 6.45) is 0. The van der Waals surface area contributed by atoms with Crippen LogP contribution in [0.25, 0.3) is 0 Å². The third-order valence-electron chi connectivity index (χ3n) is 7.35. The monoisotopic (exact) mass is 513 g/mol. The van der Waals surface area contributed by atoms with Crippen molar-refractivity contribution in [3.63, 3.8) is 0 Å². The number of nitrogens with zero attached hydrogens (tertiary/aromatic N) is 1. The lowest BCUT2D eigenvalue weighted by atomic mass is 9.89. The van der Waals surface area contributed by atoms with Gasteiger partial charge in [-0.2, -0.15) is 0 Å². The van der Waals surface area contributed by atoms with E-state index in [1.807, 2.05) is 0 Å². The van der Waals surface area contributed by atoms with Crippen LogP contribution in [0, 0.1) is 0 Å². The Morgan fingerprint density at radius 3 is 1.43 bits per heavy atom. The van der Waals surface area contributed by atoms with Crippen LogP contribution in [0.3, 0.4) is 0 Å². The van der Waals surface area contributed by atoms with Crippen LogP contribution in [0.5, 0.6) is 0 Å². The van der Waals surface area contributed by atoms with Crippen LogP contribution < -0.4 is 5.30 Å². The van der Waals surface area contributed by atoms with E-state index in [2.05, 4.69) is 137 Å². The van der Waals surface area contributed by atoms with E-state index in [0.717, 1.165) is 0 Å². The summed E-state index contributed by atoms with van der Waals surface area (Å²) in [6, 6.07) is 22.6. The molecule has 0 heterocycles. The molecule has 0 amide bonds. The molecule has 3 rings (SSSR count). The average molecular weight is 514 g/mol. The van der Waals surface area contributed by atoms with E-state index in [4.69, 9.17) is 4.99 Å². The molecule has 0 saturated heterocycles. The zero-order valence-electron chi connectivity index (χ0n) is 25.1. The normalized spacial score (nSPS) is 13.5. The SMILES string of the molecule is CC(C)c1cc(C(C)C)c(P(C)C(=Nc2c(C(C)C)cccc2C(C)C)c2ccccc2)c(C(C)C)c1. The second kappa shape index (κ2) is 12.5. The summed E-state index contributed by atoms with van der Waals surface area (Å²) < 4.78 is 0. The van der Waals surface area contributed by atoms with E-state index >= 15 is 0 Å². The molecule has 3 aromatic rings. The molecule has 0 aliphatic rings. The smallest absolute Gasteiger partial charge is 0.0752 e. The highest BCUT2D eigenvalue weighted by atomic mass is 31.1. The molecule has 0 bridgehead atoms. The van der Waals surface area contributed by atoms with Gasteiger partial charge in [-0.3, -0.25) is 0 Å². The van der Waals surface area contributed by atoms with E-state index in [1.165, 1.54) is 49.8 Å². The van der Waals surface area contributed by atoms with E-state index in [1.54, 1.807) is 0 Å². The van der Waals surface area contributed by atoms with Gasteiger partial charge in [0.1, 0.15) is 0 Å². The van der Waals surface area contributed by atoms with Crippen LogP contribution in [0.4, 0.5) is 5.69 Å². The van der Waals surface area contributed by atoms with Crippen molar-refractivity contribution < 1.29 is 0 Å². The zero-order valence-corrected chi connectivity index (χ0v) is 25.9. The molecule has 37 heavy (non-hydrogen) atoms. The van der Waals surface area contributed by atoms with Gasteiger partial charge in [-0.15, -0.1) is 0 Å². The first-order valence-electron chi connectivity index (χ1n) is 14.1. The number of hydrogen-bond acceptors (Lipinski definition) is 1. The summed E-state index contributed by atoms with van der Waals surface area (Å²) in [6.45, 7) is 25.6. The van der Waals surface area contributed by atoms with Crippen LogP contribution in [-0.4, -0.2) is 12.1 Å². The maximum Gasteiger partial charge on any atom is 0.0752 e. The molecule has 0 radical (unpaired) electrons. The van der Waals surface area contributed by atoms with Crippen LogP contribution in [0.1, 0.15) is 132 Å². The lowest BCUT2D eigenvalue weighted by molar-refractivity contribution is 0.813. The molecule has 1 atom stereocenters. The molecule has 0 aliphatic heterocycles. The number of benzene rings is 3. The van der Waals surface area contributed by atoms with Gasteiger partial charge in [0, 0.05) is 5.56 Å². The lowest BCUT2D eigenvalue weighted by Gasteiger charge is -2.28. The Bertz CT molecular complexity index is 1160. The summed E-state index contributed by atoms with van der Waals surface area (Å²) in [7, 11) is -0.691. The van der Waals surface area contributed by atoms with E-state index in [0.29, 0.717) is 29.6 Å². The van der Waals surface area contributed by atoms with Crippen molar-refractivity contribution in [2.75, 3.05) is 6.66 Å². The number of aliphatic imine (C=N–C) groups is 1. The average Bonchev–Trinajstić information content (AvgIpc) is 2.86. The van der Waals surface area contributed by atoms with Crippen molar-refractivity contribution in [1.29, 1.82) is 0 Å². The highest BCUT2D eigenvalue weighted by molar-refractivity contribution is 7.82. The molecule has 1 nitrogen and oxygen atoms in total. The van der Waals surface area contributed by atoms with E-state index in [9.17, 15) is 0 Å². The zero-order chi connectivity index (χ0) is 27.4. The molecule has 0 fully saturated rings. The van der Waals surface area contributed by atoms with Crippen molar-refractivity contribution >= 4 is 24.4 Å². The molecule has 1 unspecified atom stereocenters. The van der Waals surface area contributed by atoms with Crippen molar-refractivity contribution in [1.82, 2.24) is 0 Å². The molecule has 0 aromatic heterocycles. The lowest BCUT2D eigenvalue weighted by Crippen LogP contribution is -2.21. The van der Waals surface area contributed by atoms with Crippen LogP contribution in [0.2, 0.25) is 0 Å². The van der Waals surface area contributed by atoms with Gasteiger partial charge in [-0.05, 0) is 77.3 Å². The molecule has 198 valence electrons. The van der Waals surface area contributed by atoms with Gasteiger partial charge in [0.05, 0.1) is 11.1 Å². The third-order valence-corrected chi connectivity index (χ3v) is 9.53. The Morgan fingerprint density at radius 2 is 1.03 bits per heavy atom. The Hall–Kier alpha value is -2.24. The second-order valence-corrected chi connectivity index (χ2v) is 14.0. The molecule has 0 N–H and O–H groups in total. The first-order valence-corrected chi connectivity index (χ1v) is 15.9. The van der Waals surface area contributed by atoms with Crippen LogP contribution >= 0.6 is 7.92 Å². The maximum atomic E-state index is 5.65. The largest absolute Gasteiger partial charge is 0.247 e. The fraction of sp³-hybridized carbons (Fsp3) is 0.457. The highest BCUT2D eigenvalue weighted by Gasteiger charge is 2.26. The Labute approximate surface area is 228 Å². The third kappa shape index (κ3) is 6.61. The molecule has 0 spiro atoms. The number of hydrogen-bond donors (Lipinski definition) is 0. The van der Waals surface area contributed by atoms with Gasteiger partial charge in [0.15, 0.2) is 0 Å². The summed E-state index contributed by atoms with van der Waals surface area (Å²) in [5.41, 5.74) is 10.8. The molecule has 3 aromatic carbocycles. The van der Waals surface area contributed by atoms with Crippen LogP contribution in [0.15, 0.2) is 65.7 Å². The first kappa shape index (κ1) is 29.3. The fourth-order valence-electron chi connectivity index (χ4n) is 5.08. The molecule has 0 saturated carbocycles. The van der Waals surface area contributed by atoms with Gasteiger partial charge in [-0.1, -0.05) is 130 Å². The van der Waals surface area contributed by atoms with E-state index < -0.39 is 7.92 Å². The molecular weight excluding hydrogens is 465 g/mol. The first-order chi connectivity index (χ1) is 17.4. The molecule has 2 heteroatoms. The van der Waals surface area contributed by atoms with Crippen molar-refractivity contribution in [3.8, 4) is 0 Å². The minimum atomic E-state index is -0.691. The standard InChI is InChI=1S/C35H48NP/c1-22(2)28-20-31(25(7)8)34(32(21-28)26(9)10)37(11)35(27-16-13-12-14-17-27)36-33-29(23(3)4)18-15-19-30(33)24(5)6/h12-26H,1-11H3. The fourth-order valence-corrected chi connectivity index (χ4v) is 7.50. The van der Waals surface area contributed by atoms with Gasteiger partial charge >= 0.3 is 0 Å². The molecule has 0 aliphatic carbocycles. The Kier molecular flexibility index (Phi) is 9.93. The topological polar surface area (TPSA) is 12.4 Å². The summed E-state index contributed by atoms with van der Waals surface area (Å²) in [5, 5.41) is 1.53. The quantitative estimate of drug-likeness (QED) is 0.199. The predicted octanol–water partition coefficient (Wildman–Crippen LogP) is 10.8. The van der Waals surface area contributed by atoms with Crippen molar-refractivity contribution in [2.45, 2.75) is 98.8 Å². The summed E-state index contributed by atoms with van der Waals surface area (Å²) in [5.74, 6) is 2.27. The Morgan fingerprint density at radius 1 is 0.568 bits per heavy atom. The number of rotatable bonds is 9. The van der Waals surface area contributed by atoms with Gasteiger partial charge < -0.3 is 0 Å². The van der Waals surface area contributed by atoms with Gasteiger partial charge in [0.2, 0.25) is 0 Å². The predicted molar refractivity (Wildman–Crippen MR) is 168 cm³/mol. The van der Waals surface area contributed by atoms with Gasteiger partial charge in [0.25, 0.3) is 0 Å². The number of para-hydroxylation sites is 1.